The molecule has 1 aliphatic heterocycles. The molecular weight excluding hydrogens is 448 g/mol. The Morgan fingerprint density at radius 3 is 2.71 bits per heavy atom. The normalized spacial score (nSPS) is 15.7. The molecule has 182 valence electrons. The van der Waals surface area contributed by atoms with Gasteiger partial charge in [-0.3, -0.25) is 14.2 Å². The number of fused-ring (bicyclic) bond motifs is 3. The average Bonchev–Trinajstić information content (AvgIpc) is 3.47. The first-order valence-corrected chi connectivity index (χ1v) is 11.7. The van der Waals surface area contributed by atoms with Crippen molar-refractivity contribution >= 4 is 27.8 Å². The quantitative estimate of drug-likeness (QED) is 0.461. The summed E-state index contributed by atoms with van der Waals surface area (Å²) in [6.45, 7) is 2.75. The third-order valence-electron chi connectivity index (χ3n) is 6.59. The van der Waals surface area contributed by atoms with Gasteiger partial charge in [-0.25, -0.2) is 9.36 Å². The molecule has 1 aliphatic rings. The van der Waals surface area contributed by atoms with Gasteiger partial charge in [0.05, 0.1) is 29.9 Å². The van der Waals surface area contributed by atoms with E-state index in [9.17, 15) is 14.4 Å². The van der Waals surface area contributed by atoms with E-state index in [1.807, 2.05) is 19.1 Å². The second-order valence-corrected chi connectivity index (χ2v) is 8.93. The molecule has 9 nitrogen and oxygen atoms in total. The fourth-order valence-corrected chi connectivity index (χ4v) is 4.83. The minimum Gasteiger partial charge on any atom is -0.497 e. The molecule has 2 aromatic heterocycles. The van der Waals surface area contributed by atoms with Gasteiger partial charge in [-0.2, -0.15) is 0 Å². The third kappa shape index (κ3) is 4.01. The van der Waals surface area contributed by atoms with Gasteiger partial charge in [-0.15, -0.1) is 0 Å². The first-order valence-electron chi connectivity index (χ1n) is 11.7. The predicted octanol–water partition coefficient (Wildman–Crippen LogP) is 2.26. The second-order valence-electron chi connectivity index (χ2n) is 8.93. The number of benzene rings is 2. The lowest BCUT2D eigenvalue weighted by atomic mass is 10.2. The molecule has 1 atom stereocenters. The van der Waals surface area contributed by atoms with E-state index in [-0.39, 0.29) is 18.6 Å². The van der Waals surface area contributed by atoms with Crippen LogP contribution in [0.2, 0.25) is 0 Å². The zero-order chi connectivity index (χ0) is 24.7. The van der Waals surface area contributed by atoms with Crippen LogP contribution in [-0.2, 0) is 23.1 Å². The van der Waals surface area contributed by atoms with Gasteiger partial charge in [-0.1, -0.05) is 12.1 Å². The SMILES string of the molecule is COc1ccc2c(c1)c1c(c(=O)n(-c3cccc(C)c3)c(=O)n1CC(=O)NCC1CCCO1)n2C. The number of ether oxygens (including phenoxy) is 2. The molecule has 0 saturated carbocycles. The molecule has 0 radical (unpaired) electrons. The van der Waals surface area contributed by atoms with Gasteiger partial charge < -0.3 is 19.4 Å². The van der Waals surface area contributed by atoms with Crippen molar-refractivity contribution in [2.24, 2.45) is 7.05 Å². The van der Waals surface area contributed by atoms with E-state index in [2.05, 4.69) is 5.32 Å². The maximum atomic E-state index is 13.8. The molecule has 3 heterocycles. The molecule has 5 rings (SSSR count). The molecule has 2 aromatic carbocycles. The number of amides is 1. The Balaban J connectivity index is 1.73. The van der Waals surface area contributed by atoms with Crippen molar-refractivity contribution in [2.45, 2.75) is 32.4 Å². The second kappa shape index (κ2) is 9.07. The fraction of sp³-hybridized carbons (Fsp3) is 0.346. The molecule has 0 spiro atoms. The van der Waals surface area contributed by atoms with Crippen LogP contribution in [0.3, 0.4) is 0 Å². The minimum atomic E-state index is -0.573. The molecule has 1 amide bonds. The van der Waals surface area contributed by atoms with Crippen molar-refractivity contribution < 1.29 is 14.3 Å². The van der Waals surface area contributed by atoms with Crippen LogP contribution in [0.4, 0.5) is 0 Å². The van der Waals surface area contributed by atoms with Crippen molar-refractivity contribution in [2.75, 3.05) is 20.3 Å². The summed E-state index contributed by atoms with van der Waals surface area (Å²) < 4.78 is 15.3. The summed E-state index contributed by atoms with van der Waals surface area (Å²) >= 11 is 0. The van der Waals surface area contributed by atoms with E-state index < -0.39 is 11.2 Å². The Labute approximate surface area is 201 Å². The Hall–Kier alpha value is -3.85. The van der Waals surface area contributed by atoms with Gasteiger partial charge in [-0.05, 0) is 55.7 Å². The van der Waals surface area contributed by atoms with E-state index in [1.54, 1.807) is 49.1 Å². The molecular formula is C26H28N4O5. The summed E-state index contributed by atoms with van der Waals surface area (Å²) in [6, 6.07) is 12.6. The van der Waals surface area contributed by atoms with Crippen LogP contribution in [0.15, 0.2) is 52.1 Å². The number of hydrogen-bond donors (Lipinski definition) is 1. The van der Waals surface area contributed by atoms with Crippen LogP contribution in [0.25, 0.3) is 27.6 Å². The number of methoxy groups -OCH3 is 1. The molecule has 0 bridgehead atoms. The summed E-state index contributed by atoms with van der Waals surface area (Å²) in [5, 5.41) is 3.55. The summed E-state index contributed by atoms with van der Waals surface area (Å²) in [5.41, 5.74) is 1.86. The van der Waals surface area contributed by atoms with Gasteiger partial charge in [0.15, 0.2) is 0 Å². The smallest absolute Gasteiger partial charge is 0.336 e. The maximum Gasteiger partial charge on any atom is 0.336 e. The largest absolute Gasteiger partial charge is 0.497 e. The zero-order valence-corrected chi connectivity index (χ0v) is 20.0. The Bertz CT molecular complexity index is 1560. The number of hydrogen-bond acceptors (Lipinski definition) is 5. The minimum absolute atomic E-state index is 0.0150. The Morgan fingerprint density at radius 2 is 2.00 bits per heavy atom. The van der Waals surface area contributed by atoms with Crippen molar-refractivity contribution in [1.29, 1.82) is 0 Å². The van der Waals surface area contributed by atoms with Crippen LogP contribution >= 0.6 is 0 Å². The highest BCUT2D eigenvalue weighted by molar-refractivity contribution is 6.06. The summed E-state index contributed by atoms with van der Waals surface area (Å²) in [6.07, 6.45) is 1.85. The van der Waals surface area contributed by atoms with Crippen LogP contribution in [0.1, 0.15) is 18.4 Å². The number of carbonyl (C=O) groups is 1. The number of aromatic nitrogens is 3. The molecule has 1 saturated heterocycles. The molecule has 1 unspecified atom stereocenters. The average molecular weight is 477 g/mol. The number of aryl methyl sites for hydroxylation is 2. The van der Waals surface area contributed by atoms with Crippen molar-refractivity contribution in [1.82, 2.24) is 19.0 Å². The highest BCUT2D eigenvalue weighted by Crippen LogP contribution is 2.29. The lowest BCUT2D eigenvalue weighted by Gasteiger charge is -2.15. The molecule has 9 heteroatoms. The third-order valence-corrected chi connectivity index (χ3v) is 6.59. The molecule has 35 heavy (non-hydrogen) atoms. The van der Waals surface area contributed by atoms with Gasteiger partial charge in [0.2, 0.25) is 5.91 Å². The van der Waals surface area contributed by atoms with Crippen LogP contribution in [0, 0.1) is 6.92 Å². The fourth-order valence-electron chi connectivity index (χ4n) is 4.83. The molecule has 4 aromatic rings. The summed E-state index contributed by atoms with van der Waals surface area (Å²) in [4.78, 5) is 40.5. The topological polar surface area (TPSA) is 96.5 Å². The van der Waals surface area contributed by atoms with Crippen molar-refractivity contribution in [3.8, 4) is 11.4 Å². The van der Waals surface area contributed by atoms with Gasteiger partial charge in [0.25, 0.3) is 5.56 Å². The van der Waals surface area contributed by atoms with E-state index in [4.69, 9.17) is 9.47 Å². The summed E-state index contributed by atoms with van der Waals surface area (Å²) in [5.74, 6) is 0.271. The van der Waals surface area contributed by atoms with Gasteiger partial charge in [0, 0.05) is 25.6 Å². The van der Waals surface area contributed by atoms with E-state index >= 15 is 0 Å². The lowest BCUT2D eigenvalue weighted by Crippen LogP contribution is -2.43. The number of rotatable bonds is 6. The monoisotopic (exact) mass is 476 g/mol. The predicted molar refractivity (Wildman–Crippen MR) is 134 cm³/mol. The van der Waals surface area contributed by atoms with Crippen molar-refractivity contribution in [3.63, 3.8) is 0 Å². The maximum absolute atomic E-state index is 13.8. The van der Waals surface area contributed by atoms with E-state index in [0.29, 0.717) is 41.0 Å². The first kappa shape index (κ1) is 22.9. The zero-order valence-electron chi connectivity index (χ0n) is 20.0. The standard InChI is InChI=1S/C26H28N4O5/c1-16-6-4-7-17(12-16)30-25(32)24-23(20-13-18(34-3)9-10-21(20)28(24)2)29(26(30)33)15-22(31)27-14-19-8-5-11-35-19/h4,6-7,9-10,12-13,19H,5,8,11,14-15H2,1-3H3,(H,27,31). The Morgan fingerprint density at radius 1 is 1.17 bits per heavy atom. The summed E-state index contributed by atoms with van der Waals surface area (Å²) in [7, 11) is 3.34. The van der Waals surface area contributed by atoms with Crippen LogP contribution in [0.5, 0.6) is 5.75 Å². The van der Waals surface area contributed by atoms with Crippen molar-refractivity contribution in [3.05, 3.63) is 68.9 Å². The van der Waals surface area contributed by atoms with E-state index in [0.717, 1.165) is 28.5 Å². The number of carbonyl (C=O) groups excluding carboxylic acids is 1. The van der Waals surface area contributed by atoms with Crippen LogP contribution < -0.4 is 21.3 Å². The Kier molecular flexibility index (Phi) is 5.94. The molecule has 1 N–H and O–H groups in total. The van der Waals surface area contributed by atoms with Gasteiger partial charge >= 0.3 is 5.69 Å². The molecule has 0 aliphatic carbocycles. The number of nitrogens with zero attached hydrogens (tertiary/aromatic N) is 3. The van der Waals surface area contributed by atoms with Gasteiger partial charge in [0.1, 0.15) is 17.8 Å². The first-order chi connectivity index (χ1) is 16.9. The highest BCUT2D eigenvalue weighted by Gasteiger charge is 2.23. The highest BCUT2D eigenvalue weighted by atomic mass is 16.5. The molecule has 1 fully saturated rings. The van der Waals surface area contributed by atoms with Crippen LogP contribution in [-0.4, -0.2) is 46.0 Å². The lowest BCUT2D eigenvalue weighted by molar-refractivity contribution is -0.122. The number of nitrogens with one attached hydrogen (secondary N) is 1. The van der Waals surface area contributed by atoms with E-state index in [1.165, 1.54) is 4.57 Å².